The fraction of sp³-hybridized carbons (Fsp3) is 0.167. The van der Waals surface area contributed by atoms with Crippen molar-refractivity contribution in [2.24, 2.45) is 0 Å². The normalized spacial score (nSPS) is 11.3. The maximum absolute atomic E-state index is 12.5. The molecule has 1 N–H and O–H groups in total. The maximum atomic E-state index is 12.5. The van der Waals surface area contributed by atoms with Gasteiger partial charge < -0.3 is 10.1 Å². The van der Waals surface area contributed by atoms with Gasteiger partial charge in [-0.05, 0) is 35.9 Å². The minimum atomic E-state index is -0.857. The van der Waals surface area contributed by atoms with Crippen molar-refractivity contribution >= 4 is 43.7 Å². The van der Waals surface area contributed by atoms with Gasteiger partial charge in [0.2, 0.25) is 0 Å². The maximum Gasteiger partial charge on any atom is 0.328 e. The lowest BCUT2D eigenvalue weighted by Gasteiger charge is -2.17. The highest BCUT2D eigenvalue weighted by atomic mass is 79.9. The Morgan fingerprint density at radius 3 is 2.48 bits per heavy atom. The minimum Gasteiger partial charge on any atom is -0.467 e. The number of nitriles is 1. The Kier molecular flexibility index (Phi) is 6.73. The molecule has 0 fully saturated rings. The van der Waals surface area contributed by atoms with E-state index < -0.39 is 17.9 Å². The Balaban J connectivity index is 2.21. The average molecular weight is 466 g/mol. The topological polar surface area (TPSA) is 79.2 Å². The van der Waals surface area contributed by atoms with Gasteiger partial charge in [0.05, 0.1) is 18.7 Å². The van der Waals surface area contributed by atoms with Crippen LogP contribution in [-0.4, -0.2) is 25.0 Å². The summed E-state index contributed by atoms with van der Waals surface area (Å²) in [6.45, 7) is 0. The predicted octanol–water partition coefficient (Wildman–Crippen LogP) is 3.60. The van der Waals surface area contributed by atoms with E-state index >= 15 is 0 Å². The number of hydrogen-bond acceptors (Lipinski definition) is 4. The molecule has 1 atom stereocenters. The first-order chi connectivity index (χ1) is 11.9. The third-order valence-corrected chi connectivity index (χ3v) is 4.33. The van der Waals surface area contributed by atoms with Crippen molar-refractivity contribution in [1.29, 1.82) is 5.26 Å². The van der Waals surface area contributed by atoms with Crippen LogP contribution < -0.4 is 5.32 Å². The van der Waals surface area contributed by atoms with Gasteiger partial charge in [-0.3, -0.25) is 4.79 Å². The summed E-state index contributed by atoms with van der Waals surface area (Å²) in [7, 11) is 1.27. The van der Waals surface area contributed by atoms with Crippen LogP contribution in [0.5, 0.6) is 0 Å². The summed E-state index contributed by atoms with van der Waals surface area (Å²) in [5.74, 6) is -0.946. The second-order valence-electron chi connectivity index (χ2n) is 5.22. The predicted molar refractivity (Wildman–Crippen MR) is 100.0 cm³/mol. The summed E-state index contributed by atoms with van der Waals surface area (Å²) < 4.78 is 6.27. The van der Waals surface area contributed by atoms with Crippen molar-refractivity contribution in [3.8, 4) is 6.07 Å². The van der Waals surface area contributed by atoms with Crippen molar-refractivity contribution in [2.45, 2.75) is 12.5 Å². The highest BCUT2D eigenvalue weighted by Crippen LogP contribution is 2.20. The fourth-order valence-corrected chi connectivity index (χ4v) is 3.56. The van der Waals surface area contributed by atoms with Crippen LogP contribution >= 0.6 is 31.9 Å². The molecule has 2 aromatic carbocycles. The Labute approximate surface area is 162 Å². The third kappa shape index (κ3) is 5.41. The van der Waals surface area contributed by atoms with Crippen LogP contribution in [0.15, 0.2) is 51.4 Å². The minimum absolute atomic E-state index is 0.225. The van der Waals surface area contributed by atoms with E-state index in [2.05, 4.69) is 37.2 Å². The summed E-state index contributed by atoms with van der Waals surface area (Å²) in [6, 6.07) is 13.2. The highest BCUT2D eigenvalue weighted by Gasteiger charge is 2.23. The summed E-state index contributed by atoms with van der Waals surface area (Å²) in [6.07, 6.45) is 0.225. The van der Waals surface area contributed by atoms with Crippen LogP contribution in [0.25, 0.3) is 0 Å². The molecular weight excluding hydrogens is 452 g/mol. The van der Waals surface area contributed by atoms with E-state index in [0.29, 0.717) is 11.1 Å². The molecule has 0 saturated carbocycles. The number of rotatable bonds is 5. The summed E-state index contributed by atoms with van der Waals surface area (Å²) in [5.41, 5.74) is 1.65. The van der Waals surface area contributed by atoms with Crippen LogP contribution in [0.3, 0.4) is 0 Å². The molecule has 0 aliphatic carbocycles. The van der Waals surface area contributed by atoms with Crippen LogP contribution in [0.4, 0.5) is 0 Å². The molecule has 0 bridgehead atoms. The Hall–Kier alpha value is -2.17. The number of esters is 1. The first-order valence-electron chi connectivity index (χ1n) is 7.26. The summed E-state index contributed by atoms with van der Waals surface area (Å²) in [5, 5.41) is 11.7. The van der Waals surface area contributed by atoms with E-state index in [1.54, 1.807) is 36.4 Å². The first kappa shape index (κ1) is 19.2. The number of ether oxygens (including phenoxy) is 1. The summed E-state index contributed by atoms with van der Waals surface area (Å²) in [4.78, 5) is 24.5. The summed E-state index contributed by atoms with van der Waals surface area (Å²) >= 11 is 6.66. The average Bonchev–Trinajstić information content (AvgIpc) is 2.59. The van der Waals surface area contributed by atoms with Crippen molar-refractivity contribution in [1.82, 2.24) is 5.32 Å². The molecule has 0 spiro atoms. The number of methoxy groups -OCH3 is 1. The zero-order valence-corrected chi connectivity index (χ0v) is 16.4. The zero-order chi connectivity index (χ0) is 18.4. The SMILES string of the molecule is COC(=O)[C@@H](Cc1cccc(C#N)c1)NC(=O)c1cc(Br)cc(Br)c1. The van der Waals surface area contributed by atoms with Gasteiger partial charge in [-0.1, -0.05) is 44.0 Å². The van der Waals surface area contributed by atoms with E-state index in [4.69, 9.17) is 10.00 Å². The standard InChI is InChI=1S/C18H14Br2N2O3/c1-25-18(24)16(6-11-3-2-4-12(5-11)10-21)22-17(23)13-7-14(19)9-15(20)8-13/h2-5,7-9,16H,6H2,1H3,(H,22,23)/t16-/m1/s1. The smallest absolute Gasteiger partial charge is 0.328 e. The number of nitrogens with one attached hydrogen (secondary N) is 1. The zero-order valence-electron chi connectivity index (χ0n) is 13.3. The van der Waals surface area contributed by atoms with Crippen molar-refractivity contribution in [3.63, 3.8) is 0 Å². The largest absolute Gasteiger partial charge is 0.467 e. The van der Waals surface area contributed by atoms with Gasteiger partial charge in [0, 0.05) is 20.9 Å². The lowest BCUT2D eigenvalue weighted by molar-refractivity contribution is -0.142. The molecular formula is C18H14Br2N2O3. The van der Waals surface area contributed by atoms with Gasteiger partial charge in [0.15, 0.2) is 0 Å². The molecule has 2 aromatic rings. The molecule has 5 nitrogen and oxygen atoms in total. The van der Waals surface area contributed by atoms with Crippen LogP contribution in [0, 0.1) is 11.3 Å². The van der Waals surface area contributed by atoms with E-state index in [1.165, 1.54) is 7.11 Å². The van der Waals surface area contributed by atoms with Crippen molar-refractivity contribution in [3.05, 3.63) is 68.1 Å². The van der Waals surface area contributed by atoms with E-state index in [9.17, 15) is 9.59 Å². The Morgan fingerprint density at radius 2 is 1.88 bits per heavy atom. The Morgan fingerprint density at radius 1 is 1.20 bits per heavy atom. The molecule has 0 unspecified atom stereocenters. The van der Waals surface area contributed by atoms with Crippen molar-refractivity contribution < 1.29 is 14.3 Å². The molecule has 25 heavy (non-hydrogen) atoms. The number of nitrogens with zero attached hydrogens (tertiary/aromatic N) is 1. The lowest BCUT2D eigenvalue weighted by atomic mass is 10.0. The van der Waals surface area contributed by atoms with Gasteiger partial charge in [0.25, 0.3) is 5.91 Å². The molecule has 0 saturated heterocycles. The monoisotopic (exact) mass is 464 g/mol. The molecule has 0 aromatic heterocycles. The van der Waals surface area contributed by atoms with Gasteiger partial charge in [-0.15, -0.1) is 0 Å². The number of carbonyl (C=O) groups excluding carboxylic acids is 2. The van der Waals surface area contributed by atoms with Crippen LogP contribution in [-0.2, 0) is 16.0 Å². The van der Waals surface area contributed by atoms with Gasteiger partial charge >= 0.3 is 5.97 Å². The van der Waals surface area contributed by atoms with Crippen molar-refractivity contribution in [2.75, 3.05) is 7.11 Å². The highest BCUT2D eigenvalue weighted by molar-refractivity contribution is 9.11. The molecule has 2 rings (SSSR count). The number of halogens is 2. The number of carbonyl (C=O) groups is 2. The van der Waals surface area contributed by atoms with Gasteiger partial charge in [0.1, 0.15) is 6.04 Å². The lowest BCUT2D eigenvalue weighted by Crippen LogP contribution is -2.43. The second kappa shape index (κ2) is 8.79. The second-order valence-corrected chi connectivity index (χ2v) is 7.05. The van der Waals surface area contributed by atoms with Crippen LogP contribution in [0.2, 0.25) is 0 Å². The number of benzene rings is 2. The van der Waals surface area contributed by atoms with E-state index in [0.717, 1.165) is 14.5 Å². The quantitative estimate of drug-likeness (QED) is 0.684. The molecule has 0 aliphatic rings. The molecule has 1 amide bonds. The van der Waals surface area contributed by atoms with E-state index in [1.807, 2.05) is 12.1 Å². The van der Waals surface area contributed by atoms with Gasteiger partial charge in [-0.25, -0.2) is 4.79 Å². The fourth-order valence-electron chi connectivity index (χ4n) is 2.27. The number of hydrogen-bond donors (Lipinski definition) is 1. The third-order valence-electron chi connectivity index (χ3n) is 3.41. The van der Waals surface area contributed by atoms with Crippen LogP contribution in [0.1, 0.15) is 21.5 Å². The van der Waals surface area contributed by atoms with E-state index in [-0.39, 0.29) is 6.42 Å². The number of amides is 1. The Bertz CT molecular complexity index is 826. The first-order valence-corrected chi connectivity index (χ1v) is 8.85. The molecule has 128 valence electrons. The van der Waals surface area contributed by atoms with Gasteiger partial charge in [-0.2, -0.15) is 5.26 Å². The molecule has 7 heteroatoms. The molecule has 0 aliphatic heterocycles. The molecule has 0 heterocycles. The molecule has 0 radical (unpaired) electrons.